The fourth-order valence-electron chi connectivity index (χ4n) is 4.90. The normalized spacial score (nSPS) is 23.4. The van der Waals surface area contributed by atoms with Crippen LogP contribution in [0.25, 0.3) is 0 Å². The van der Waals surface area contributed by atoms with Crippen molar-refractivity contribution in [2.75, 3.05) is 26.7 Å². The Morgan fingerprint density at radius 1 is 1.22 bits per heavy atom. The average molecular weight is 519 g/mol. The molecule has 3 atom stereocenters. The molecule has 0 saturated heterocycles. The molecule has 200 valence electrons. The van der Waals surface area contributed by atoms with E-state index in [1.807, 2.05) is 14.0 Å². The molecule has 3 rings (SSSR count). The van der Waals surface area contributed by atoms with Crippen LogP contribution < -0.4 is 4.74 Å². The van der Waals surface area contributed by atoms with Crippen molar-refractivity contribution in [3.63, 3.8) is 0 Å². The number of sulfonamides is 1. The zero-order chi connectivity index (χ0) is 26.5. The van der Waals surface area contributed by atoms with Gasteiger partial charge in [-0.2, -0.15) is 4.31 Å². The number of aliphatic hydroxyl groups is 1. The minimum absolute atomic E-state index is 0.0500. The molecule has 1 fully saturated rings. The lowest BCUT2D eigenvalue weighted by atomic mass is 9.88. The standard InChI is InChI=1S/C28H42N2O5S/c1-20(2)10-9-11-23-14-15-27-25(16-23)35-26(18-29(5)28(32)24-12-7-6-8-13-24)21(3)17-30(22(4)19-31)36(27,33)34/h14-16,20-22,24,26,31H,6-8,10,12-13,17-19H2,1-5H3/t21-,22+,26+/m0/s1. The zero-order valence-electron chi connectivity index (χ0n) is 22.4. The van der Waals surface area contributed by atoms with Gasteiger partial charge >= 0.3 is 0 Å². The molecule has 1 N–H and O–H groups in total. The first-order valence-electron chi connectivity index (χ1n) is 13.2. The summed E-state index contributed by atoms with van der Waals surface area (Å²) in [7, 11) is -2.09. The maximum absolute atomic E-state index is 13.6. The van der Waals surface area contributed by atoms with Gasteiger partial charge in [0.15, 0.2) is 0 Å². The van der Waals surface area contributed by atoms with E-state index in [0.717, 1.165) is 32.1 Å². The first-order chi connectivity index (χ1) is 17.0. The molecule has 0 radical (unpaired) electrons. The fraction of sp³-hybridized carbons (Fsp3) is 0.679. The third kappa shape index (κ3) is 6.81. The number of hydrogen-bond donors (Lipinski definition) is 1. The van der Waals surface area contributed by atoms with E-state index in [1.165, 1.54) is 10.7 Å². The zero-order valence-corrected chi connectivity index (χ0v) is 23.2. The van der Waals surface area contributed by atoms with Crippen LogP contribution in [-0.2, 0) is 14.8 Å². The summed E-state index contributed by atoms with van der Waals surface area (Å²) < 4.78 is 35.0. The van der Waals surface area contributed by atoms with Crippen molar-refractivity contribution in [1.82, 2.24) is 9.21 Å². The van der Waals surface area contributed by atoms with Crippen molar-refractivity contribution in [2.45, 2.75) is 83.3 Å². The lowest BCUT2D eigenvalue weighted by Gasteiger charge is -2.38. The summed E-state index contributed by atoms with van der Waals surface area (Å²) in [6.07, 6.45) is 5.52. The Morgan fingerprint density at radius 3 is 2.56 bits per heavy atom. The minimum Gasteiger partial charge on any atom is -0.487 e. The second-order valence-corrected chi connectivity index (χ2v) is 12.7. The van der Waals surface area contributed by atoms with Gasteiger partial charge in [-0.05, 0) is 43.9 Å². The Morgan fingerprint density at radius 2 is 1.92 bits per heavy atom. The maximum Gasteiger partial charge on any atom is 0.247 e. The molecule has 8 heteroatoms. The van der Waals surface area contributed by atoms with Crippen LogP contribution in [0.15, 0.2) is 23.1 Å². The number of hydrogen-bond acceptors (Lipinski definition) is 5. The second-order valence-electron chi connectivity index (χ2n) is 10.9. The van der Waals surface area contributed by atoms with Crippen LogP contribution in [0.1, 0.15) is 71.8 Å². The Kier molecular flexibility index (Phi) is 9.85. The minimum atomic E-state index is -3.90. The molecule has 2 aliphatic rings. The highest BCUT2D eigenvalue weighted by Crippen LogP contribution is 2.34. The lowest BCUT2D eigenvalue weighted by Crippen LogP contribution is -2.50. The summed E-state index contributed by atoms with van der Waals surface area (Å²) in [5, 5.41) is 9.82. The molecular weight excluding hydrogens is 476 g/mol. The Bertz CT molecular complexity index is 1070. The van der Waals surface area contributed by atoms with Gasteiger partial charge in [-0.15, -0.1) is 0 Å². The van der Waals surface area contributed by atoms with Crippen LogP contribution in [0.3, 0.4) is 0 Å². The van der Waals surface area contributed by atoms with E-state index in [2.05, 4.69) is 25.7 Å². The molecule has 1 saturated carbocycles. The molecule has 0 bridgehead atoms. The predicted molar refractivity (Wildman–Crippen MR) is 141 cm³/mol. The number of aliphatic hydroxyl groups excluding tert-OH is 1. The van der Waals surface area contributed by atoms with Crippen molar-refractivity contribution in [1.29, 1.82) is 0 Å². The predicted octanol–water partition coefficient (Wildman–Crippen LogP) is 3.89. The summed E-state index contributed by atoms with van der Waals surface area (Å²) in [6, 6.07) is 4.35. The van der Waals surface area contributed by atoms with Crippen molar-refractivity contribution >= 4 is 15.9 Å². The monoisotopic (exact) mass is 518 g/mol. The molecule has 1 aromatic carbocycles. The van der Waals surface area contributed by atoms with E-state index >= 15 is 0 Å². The van der Waals surface area contributed by atoms with Gasteiger partial charge in [0.05, 0.1) is 13.2 Å². The van der Waals surface area contributed by atoms with Gasteiger partial charge in [-0.25, -0.2) is 8.42 Å². The van der Waals surface area contributed by atoms with Gasteiger partial charge in [-0.1, -0.05) is 51.9 Å². The third-order valence-corrected chi connectivity index (χ3v) is 9.21. The molecule has 0 unspecified atom stereocenters. The van der Waals surface area contributed by atoms with Gasteiger partial charge in [0.2, 0.25) is 15.9 Å². The summed E-state index contributed by atoms with van der Waals surface area (Å²) in [6.45, 7) is 8.10. The van der Waals surface area contributed by atoms with Crippen LogP contribution in [-0.4, -0.2) is 67.5 Å². The van der Waals surface area contributed by atoms with Gasteiger partial charge in [0.1, 0.15) is 16.7 Å². The van der Waals surface area contributed by atoms with Crippen LogP contribution in [0.2, 0.25) is 0 Å². The number of carbonyl (C=O) groups excluding carboxylic acids is 1. The molecule has 1 heterocycles. The smallest absolute Gasteiger partial charge is 0.247 e. The van der Waals surface area contributed by atoms with E-state index in [0.29, 0.717) is 18.0 Å². The Balaban J connectivity index is 1.96. The SMILES string of the molecule is CC(C)CC#Cc1ccc2c(c1)O[C@H](CN(C)C(=O)C1CCCCC1)[C@@H](C)CN([C@H](C)CO)S2(=O)=O. The number of fused-ring (bicyclic) bond motifs is 1. The van der Waals surface area contributed by atoms with Gasteiger partial charge < -0.3 is 14.7 Å². The largest absolute Gasteiger partial charge is 0.487 e. The van der Waals surface area contributed by atoms with Gasteiger partial charge in [0, 0.05) is 43.5 Å². The van der Waals surface area contributed by atoms with Gasteiger partial charge in [-0.3, -0.25) is 4.79 Å². The topological polar surface area (TPSA) is 87.2 Å². The average Bonchev–Trinajstić information content (AvgIpc) is 2.85. The number of ether oxygens (including phenoxy) is 1. The third-order valence-electron chi connectivity index (χ3n) is 7.19. The summed E-state index contributed by atoms with van der Waals surface area (Å²) >= 11 is 0. The number of rotatable bonds is 6. The first-order valence-corrected chi connectivity index (χ1v) is 14.7. The van der Waals surface area contributed by atoms with E-state index in [9.17, 15) is 18.3 Å². The molecule has 1 aliphatic heterocycles. The lowest BCUT2D eigenvalue weighted by molar-refractivity contribution is -0.136. The molecule has 1 aromatic rings. The highest BCUT2D eigenvalue weighted by atomic mass is 32.2. The molecule has 1 amide bonds. The molecule has 1 aliphatic carbocycles. The maximum atomic E-state index is 13.6. The summed E-state index contributed by atoms with van der Waals surface area (Å²) in [5.74, 6) is 6.93. The molecule has 36 heavy (non-hydrogen) atoms. The van der Waals surface area contributed by atoms with Crippen molar-refractivity contribution in [3.8, 4) is 17.6 Å². The van der Waals surface area contributed by atoms with Gasteiger partial charge in [0.25, 0.3) is 0 Å². The summed E-state index contributed by atoms with van der Waals surface area (Å²) in [5.41, 5.74) is 0.685. The van der Waals surface area contributed by atoms with Crippen LogP contribution in [0, 0.1) is 29.6 Å². The number of amides is 1. The number of carbonyl (C=O) groups is 1. The molecule has 7 nitrogen and oxygen atoms in total. The Labute approximate surface area is 217 Å². The first kappa shape index (κ1) is 28.5. The second kappa shape index (κ2) is 12.4. The number of likely N-dealkylation sites (N-methyl/N-ethyl adjacent to an activating group) is 1. The Hall–Kier alpha value is -2.08. The van der Waals surface area contributed by atoms with E-state index < -0.39 is 22.2 Å². The van der Waals surface area contributed by atoms with E-state index in [-0.39, 0.29) is 41.5 Å². The fourth-order valence-corrected chi connectivity index (χ4v) is 6.73. The van der Waals surface area contributed by atoms with Crippen molar-refractivity contribution in [2.24, 2.45) is 17.8 Å². The highest BCUT2D eigenvalue weighted by Gasteiger charge is 2.38. The van der Waals surface area contributed by atoms with E-state index in [4.69, 9.17) is 4.74 Å². The molecule has 0 aromatic heterocycles. The number of nitrogens with zero attached hydrogens (tertiary/aromatic N) is 2. The van der Waals surface area contributed by atoms with Crippen molar-refractivity contribution in [3.05, 3.63) is 23.8 Å². The molecule has 0 spiro atoms. The highest BCUT2D eigenvalue weighted by molar-refractivity contribution is 7.89. The number of benzene rings is 1. The van der Waals surface area contributed by atoms with Crippen molar-refractivity contribution < 1.29 is 23.1 Å². The van der Waals surface area contributed by atoms with Crippen LogP contribution in [0.4, 0.5) is 0 Å². The summed E-state index contributed by atoms with van der Waals surface area (Å²) in [4.78, 5) is 15.0. The van der Waals surface area contributed by atoms with Crippen LogP contribution in [0.5, 0.6) is 5.75 Å². The molecular formula is C28H42N2O5S. The quantitative estimate of drug-likeness (QED) is 0.578. The van der Waals surface area contributed by atoms with Crippen LogP contribution >= 0.6 is 0 Å². The van der Waals surface area contributed by atoms with E-state index in [1.54, 1.807) is 30.0 Å².